The molecule has 1 spiro atoms. The molecule has 4 heteroatoms. The Morgan fingerprint density at radius 1 is 1.12 bits per heavy atom. The summed E-state index contributed by atoms with van der Waals surface area (Å²) in [5.41, 5.74) is 1.47. The lowest BCUT2D eigenvalue weighted by atomic mass is 9.45. The van der Waals surface area contributed by atoms with Crippen LogP contribution >= 0.6 is 0 Å². The second-order valence-corrected chi connectivity index (χ2v) is 9.62. The molecule has 5 aliphatic rings. The van der Waals surface area contributed by atoms with Gasteiger partial charge in [-0.2, -0.15) is 0 Å². The Morgan fingerprint density at radius 3 is 2.79 bits per heavy atom. The van der Waals surface area contributed by atoms with Gasteiger partial charge in [-0.1, -0.05) is 27.2 Å². The summed E-state index contributed by atoms with van der Waals surface area (Å²) in [6.07, 6.45) is 8.36. The van der Waals surface area contributed by atoms with Crippen molar-refractivity contribution >= 4 is 5.97 Å². The summed E-state index contributed by atoms with van der Waals surface area (Å²) in [5.74, 6) is 0.989. The highest BCUT2D eigenvalue weighted by molar-refractivity contribution is 5.86. The molecule has 0 N–H and O–H groups in total. The highest BCUT2D eigenvalue weighted by atomic mass is 16.7. The molecule has 2 saturated carbocycles. The van der Waals surface area contributed by atoms with Gasteiger partial charge in [-0.15, -0.1) is 0 Å². The van der Waals surface area contributed by atoms with Gasteiger partial charge in [-0.3, -0.25) is 0 Å². The van der Waals surface area contributed by atoms with E-state index in [9.17, 15) is 4.79 Å². The quantitative estimate of drug-likeness (QED) is 0.636. The lowest BCUT2D eigenvalue weighted by Crippen LogP contribution is -2.58. The van der Waals surface area contributed by atoms with Crippen LogP contribution in [0.25, 0.3) is 0 Å². The fraction of sp³-hybridized carbons (Fsp3) is 0.850. The van der Waals surface area contributed by atoms with E-state index in [0.29, 0.717) is 23.4 Å². The number of esters is 1. The molecule has 0 amide bonds. The van der Waals surface area contributed by atoms with Gasteiger partial charge in [0.25, 0.3) is 0 Å². The van der Waals surface area contributed by atoms with Crippen molar-refractivity contribution in [3.63, 3.8) is 0 Å². The maximum atomic E-state index is 11.7. The summed E-state index contributed by atoms with van der Waals surface area (Å²) < 4.78 is 18.0. The minimum Gasteiger partial charge on any atom is -0.428 e. The largest absolute Gasteiger partial charge is 0.428 e. The third kappa shape index (κ3) is 1.84. The van der Waals surface area contributed by atoms with Crippen molar-refractivity contribution in [2.24, 2.45) is 22.7 Å². The van der Waals surface area contributed by atoms with Crippen LogP contribution in [-0.2, 0) is 19.0 Å². The average molecular weight is 332 g/mol. The standard InChI is InChI=1S/C20H28O4/c1-18(2)6-4-7-19(3)14(18)5-8-20-11-22-17-12(9-16(21)23-17)13(24-20)10-15(19)20/h9,13-15,17H,4-8,10-11H2,1-3H3/t13-,14-,15+,17+,19-,20-/m0/s1. The lowest BCUT2D eigenvalue weighted by Gasteiger charge is -2.60. The number of fused-ring (bicyclic) bond motifs is 5. The Morgan fingerprint density at radius 2 is 1.96 bits per heavy atom. The van der Waals surface area contributed by atoms with E-state index in [1.807, 2.05) is 0 Å². The van der Waals surface area contributed by atoms with Crippen LogP contribution in [0.2, 0.25) is 0 Å². The van der Waals surface area contributed by atoms with E-state index in [2.05, 4.69) is 20.8 Å². The van der Waals surface area contributed by atoms with Gasteiger partial charge in [0.05, 0.1) is 18.3 Å². The third-order valence-corrected chi connectivity index (χ3v) is 8.02. The predicted octanol–water partition coefficient (Wildman–Crippen LogP) is 3.60. The summed E-state index contributed by atoms with van der Waals surface area (Å²) in [5, 5.41) is 0. The summed E-state index contributed by atoms with van der Waals surface area (Å²) >= 11 is 0. The van der Waals surface area contributed by atoms with Gasteiger partial charge in [0, 0.05) is 11.6 Å². The Bertz CT molecular complexity index is 623. The van der Waals surface area contributed by atoms with Crippen molar-refractivity contribution in [3.05, 3.63) is 11.6 Å². The third-order valence-electron chi connectivity index (χ3n) is 8.02. The maximum absolute atomic E-state index is 11.7. The Kier molecular flexibility index (Phi) is 2.98. The first-order chi connectivity index (χ1) is 11.3. The van der Waals surface area contributed by atoms with E-state index in [4.69, 9.17) is 14.2 Å². The second kappa shape index (κ2) is 4.64. The number of hydrogen-bond acceptors (Lipinski definition) is 4. The minimum atomic E-state index is -0.504. The van der Waals surface area contributed by atoms with Crippen molar-refractivity contribution in [1.29, 1.82) is 0 Å². The number of rotatable bonds is 0. The fourth-order valence-corrected chi connectivity index (χ4v) is 7.05. The molecule has 0 unspecified atom stereocenters. The molecule has 3 heterocycles. The zero-order chi connectivity index (χ0) is 16.7. The molecule has 0 aromatic carbocycles. The van der Waals surface area contributed by atoms with Crippen LogP contribution in [-0.4, -0.2) is 30.6 Å². The van der Waals surface area contributed by atoms with Gasteiger partial charge < -0.3 is 14.2 Å². The molecule has 132 valence electrons. The van der Waals surface area contributed by atoms with E-state index in [0.717, 1.165) is 24.3 Å². The van der Waals surface area contributed by atoms with Crippen LogP contribution in [0.3, 0.4) is 0 Å². The molecule has 4 nitrogen and oxygen atoms in total. The first-order valence-corrected chi connectivity index (χ1v) is 9.56. The zero-order valence-electron chi connectivity index (χ0n) is 15.0. The van der Waals surface area contributed by atoms with Crippen LogP contribution in [0.5, 0.6) is 0 Å². The van der Waals surface area contributed by atoms with Gasteiger partial charge in [0.1, 0.15) is 0 Å². The lowest BCUT2D eigenvalue weighted by molar-refractivity contribution is -0.197. The van der Waals surface area contributed by atoms with Crippen molar-refractivity contribution in [2.75, 3.05) is 6.61 Å². The van der Waals surface area contributed by atoms with Gasteiger partial charge in [0.2, 0.25) is 6.29 Å². The van der Waals surface area contributed by atoms with E-state index in [1.165, 1.54) is 25.7 Å². The van der Waals surface area contributed by atoms with Crippen LogP contribution in [0.1, 0.15) is 59.3 Å². The number of ether oxygens (including phenoxy) is 3. The fourth-order valence-electron chi connectivity index (χ4n) is 7.05. The zero-order valence-corrected chi connectivity index (χ0v) is 15.0. The maximum Gasteiger partial charge on any atom is 0.333 e. The molecule has 0 aromatic heterocycles. The van der Waals surface area contributed by atoms with Gasteiger partial charge in [-0.05, 0) is 54.8 Å². The smallest absolute Gasteiger partial charge is 0.333 e. The molecular weight excluding hydrogens is 304 g/mol. The van der Waals surface area contributed by atoms with Gasteiger partial charge in [0.15, 0.2) is 0 Å². The van der Waals surface area contributed by atoms with Crippen LogP contribution in [0, 0.1) is 22.7 Å². The van der Waals surface area contributed by atoms with Gasteiger partial charge in [-0.25, -0.2) is 4.79 Å². The van der Waals surface area contributed by atoms with E-state index >= 15 is 0 Å². The monoisotopic (exact) mass is 332 g/mol. The van der Waals surface area contributed by atoms with Crippen LogP contribution in [0.15, 0.2) is 11.6 Å². The SMILES string of the molecule is CC1(C)CCC[C@@]2(C)[C@H]1CC[C@]13CO[C@@H]4OC(=O)C=C4[C@H](C[C@@H]12)O3. The van der Waals surface area contributed by atoms with E-state index in [1.54, 1.807) is 6.08 Å². The van der Waals surface area contributed by atoms with Crippen molar-refractivity contribution in [2.45, 2.75) is 77.3 Å². The molecule has 0 radical (unpaired) electrons. The van der Waals surface area contributed by atoms with Gasteiger partial charge >= 0.3 is 5.97 Å². The second-order valence-electron chi connectivity index (χ2n) is 9.62. The molecular formula is C20H28O4. The summed E-state index contributed by atoms with van der Waals surface area (Å²) in [7, 11) is 0. The van der Waals surface area contributed by atoms with E-state index in [-0.39, 0.29) is 17.7 Å². The normalized spacial score (nSPS) is 51.8. The highest BCUT2D eigenvalue weighted by Crippen LogP contribution is 2.66. The number of hydrogen-bond donors (Lipinski definition) is 0. The number of carbonyl (C=O) groups excluding carboxylic acids is 1. The Balaban J connectivity index is 1.54. The molecule has 2 bridgehead atoms. The van der Waals surface area contributed by atoms with Crippen molar-refractivity contribution in [1.82, 2.24) is 0 Å². The van der Waals surface area contributed by atoms with Crippen LogP contribution in [0.4, 0.5) is 0 Å². The van der Waals surface area contributed by atoms with Crippen LogP contribution < -0.4 is 0 Å². The average Bonchev–Trinajstić information content (AvgIpc) is 3.02. The number of carbonyl (C=O) groups is 1. The molecule has 24 heavy (non-hydrogen) atoms. The molecule has 4 fully saturated rings. The molecule has 2 aliphatic carbocycles. The Labute approximate surface area is 143 Å². The summed E-state index contributed by atoms with van der Waals surface area (Å²) in [4.78, 5) is 11.7. The summed E-state index contributed by atoms with van der Waals surface area (Å²) in [6, 6.07) is 0. The minimum absolute atomic E-state index is 0.00503. The Hall–Kier alpha value is -0.870. The molecule has 6 atom stereocenters. The topological polar surface area (TPSA) is 44.8 Å². The predicted molar refractivity (Wildman–Crippen MR) is 88.1 cm³/mol. The summed E-state index contributed by atoms with van der Waals surface area (Å²) in [6.45, 7) is 7.98. The molecule has 0 aromatic rings. The molecule has 2 saturated heterocycles. The molecule has 3 aliphatic heterocycles. The van der Waals surface area contributed by atoms with Crippen molar-refractivity contribution in [3.8, 4) is 0 Å². The first-order valence-electron chi connectivity index (χ1n) is 9.56. The van der Waals surface area contributed by atoms with E-state index < -0.39 is 6.29 Å². The highest BCUT2D eigenvalue weighted by Gasteiger charge is 2.65. The molecule has 5 rings (SSSR count). The first kappa shape index (κ1) is 15.4. The van der Waals surface area contributed by atoms with Crippen molar-refractivity contribution < 1.29 is 19.0 Å².